The molecule has 2 aromatic carbocycles. The molecule has 0 aliphatic heterocycles. The molecule has 5 heteroatoms. The largest absolute Gasteiger partial charge is 0.492 e. The van der Waals surface area contributed by atoms with Crippen molar-refractivity contribution in [3.8, 4) is 5.75 Å². The Balaban J connectivity index is 1.79. The Morgan fingerprint density at radius 1 is 1.17 bits per heavy atom. The number of nitrogens with zero attached hydrogens (tertiary/aromatic N) is 1. The maximum atomic E-state index is 12.2. The van der Waals surface area contributed by atoms with Gasteiger partial charge in [0.05, 0.1) is 12.6 Å². The van der Waals surface area contributed by atoms with Crippen LogP contribution in [0.4, 0.5) is 4.79 Å². The van der Waals surface area contributed by atoms with Crippen LogP contribution in [0.25, 0.3) is 0 Å². The number of carbonyl (C=O) groups excluding carboxylic acids is 1. The topological polar surface area (TPSA) is 41.6 Å². The number of ether oxygens (including phenoxy) is 1. The molecule has 0 aliphatic rings. The molecule has 0 aromatic heterocycles. The van der Waals surface area contributed by atoms with Crippen LogP contribution in [0.2, 0.25) is 5.02 Å². The highest BCUT2D eigenvalue weighted by Crippen LogP contribution is 2.22. The fraction of sp³-hybridized carbons (Fsp3) is 0.278. The van der Waals surface area contributed by atoms with Crippen LogP contribution in [-0.4, -0.2) is 31.1 Å². The van der Waals surface area contributed by atoms with E-state index in [1.54, 1.807) is 11.9 Å². The first-order chi connectivity index (χ1) is 11.1. The number of urea groups is 1. The first-order valence-corrected chi connectivity index (χ1v) is 7.89. The zero-order valence-corrected chi connectivity index (χ0v) is 14.1. The van der Waals surface area contributed by atoms with Gasteiger partial charge in [-0.2, -0.15) is 0 Å². The van der Waals surface area contributed by atoms with Crippen molar-refractivity contribution in [1.29, 1.82) is 0 Å². The van der Waals surface area contributed by atoms with Crippen molar-refractivity contribution in [1.82, 2.24) is 10.2 Å². The minimum absolute atomic E-state index is 0.158. The van der Waals surface area contributed by atoms with Gasteiger partial charge >= 0.3 is 6.03 Å². The predicted octanol–water partition coefficient (Wildman–Crippen LogP) is 4.12. The molecule has 0 fully saturated rings. The van der Waals surface area contributed by atoms with Crippen molar-refractivity contribution >= 4 is 17.6 Å². The molecule has 0 spiro atoms. The SMILES string of the molecule is CC(NC(=O)N(C)CCOc1ccccc1)c1ccccc1Cl. The summed E-state index contributed by atoms with van der Waals surface area (Å²) >= 11 is 6.15. The molecule has 0 bridgehead atoms. The number of carbonyl (C=O) groups is 1. The number of likely N-dealkylation sites (N-methyl/N-ethyl adjacent to an activating group) is 1. The van der Waals surface area contributed by atoms with Crippen LogP contribution in [0.15, 0.2) is 54.6 Å². The van der Waals surface area contributed by atoms with Gasteiger partial charge in [0.2, 0.25) is 0 Å². The minimum Gasteiger partial charge on any atom is -0.492 e. The van der Waals surface area contributed by atoms with Gasteiger partial charge < -0.3 is 15.0 Å². The third-order valence-corrected chi connectivity index (χ3v) is 3.84. The lowest BCUT2D eigenvalue weighted by Crippen LogP contribution is -2.40. The maximum Gasteiger partial charge on any atom is 0.317 e. The van der Waals surface area contributed by atoms with Gasteiger partial charge in [0.15, 0.2) is 0 Å². The third kappa shape index (κ3) is 5.18. The molecular weight excluding hydrogens is 312 g/mol. The van der Waals surface area contributed by atoms with Gasteiger partial charge in [0, 0.05) is 12.1 Å². The van der Waals surface area contributed by atoms with Crippen molar-refractivity contribution in [2.24, 2.45) is 0 Å². The van der Waals surface area contributed by atoms with Gasteiger partial charge in [-0.3, -0.25) is 0 Å². The number of amides is 2. The predicted molar refractivity (Wildman–Crippen MR) is 93.0 cm³/mol. The molecule has 0 radical (unpaired) electrons. The zero-order valence-electron chi connectivity index (χ0n) is 13.3. The van der Waals surface area contributed by atoms with Crippen molar-refractivity contribution in [3.63, 3.8) is 0 Å². The second-order valence-electron chi connectivity index (χ2n) is 5.28. The highest BCUT2D eigenvalue weighted by Gasteiger charge is 2.15. The van der Waals surface area contributed by atoms with E-state index < -0.39 is 0 Å². The molecule has 0 heterocycles. The zero-order chi connectivity index (χ0) is 16.7. The summed E-state index contributed by atoms with van der Waals surface area (Å²) in [6.45, 7) is 2.85. The number of hydrogen-bond acceptors (Lipinski definition) is 2. The van der Waals surface area contributed by atoms with Gasteiger partial charge in [0.1, 0.15) is 12.4 Å². The number of halogens is 1. The van der Waals surface area contributed by atoms with Crippen LogP contribution in [0, 0.1) is 0 Å². The van der Waals surface area contributed by atoms with Crippen LogP contribution in [0.5, 0.6) is 5.75 Å². The molecular formula is C18H21ClN2O2. The van der Waals surface area contributed by atoms with Crippen LogP contribution < -0.4 is 10.1 Å². The Bertz CT molecular complexity index is 634. The Labute approximate surface area is 142 Å². The molecule has 1 unspecified atom stereocenters. The molecule has 2 rings (SSSR count). The fourth-order valence-corrected chi connectivity index (χ4v) is 2.42. The van der Waals surface area contributed by atoms with E-state index in [0.717, 1.165) is 11.3 Å². The van der Waals surface area contributed by atoms with Gasteiger partial charge in [-0.1, -0.05) is 48.0 Å². The maximum absolute atomic E-state index is 12.2. The van der Waals surface area contributed by atoms with Gasteiger partial charge in [-0.05, 0) is 30.7 Å². The van der Waals surface area contributed by atoms with Gasteiger partial charge in [-0.15, -0.1) is 0 Å². The lowest BCUT2D eigenvalue weighted by molar-refractivity contribution is 0.192. The number of benzene rings is 2. The molecule has 0 saturated carbocycles. The van der Waals surface area contributed by atoms with Crippen molar-refractivity contribution in [2.45, 2.75) is 13.0 Å². The highest BCUT2D eigenvalue weighted by atomic mass is 35.5. The Hall–Kier alpha value is -2.20. The Kier molecular flexibility index (Phi) is 6.29. The van der Waals surface area contributed by atoms with Crippen LogP contribution >= 0.6 is 11.6 Å². The molecule has 0 aliphatic carbocycles. The number of rotatable bonds is 6. The van der Waals surface area contributed by atoms with E-state index in [-0.39, 0.29) is 12.1 Å². The lowest BCUT2D eigenvalue weighted by atomic mass is 10.1. The Morgan fingerprint density at radius 3 is 2.52 bits per heavy atom. The molecule has 2 aromatic rings. The van der Waals surface area contributed by atoms with E-state index in [1.165, 1.54) is 0 Å². The minimum atomic E-state index is -0.159. The number of hydrogen-bond donors (Lipinski definition) is 1. The summed E-state index contributed by atoms with van der Waals surface area (Å²) in [5.74, 6) is 0.797. The first-order valence-electron chi connectivity index (χ1n) is 7.52. The summed E-state index contributed by atoms with van der Waals surface area (Å²) in [6, 6.07) is 16.7. The van der Waals surface area contributed by atoms with E-state index in [9.17, 15) is 4.79 Å². The summed E-state index contributed by atoms with van der Waals surface area (Å²) in [6.07, 6.45) is 0. The standard InChI is InChI=1S/C18H21ClN2O2/c1-14(16-10-6-7-11-17(16)19)20-18(22)21(2)12-13-23-15-8-4-3-5-9-15/h3-11,14H,12-13H2,1-2H3,(H,20,22). The quantitative estimate of drug-likeness (QED) is 0.864. The van der Waals surface area contributed by atoms with E-state index in [4.69, 9.17) is 16.3 Å². The van der Waals surface area contributed by atoms with E-state index >= 15 is 0 Å². The summed E-state index contributed by atoms with van der Waals surface area (Å²) in [4.78, 5) is 13.8. The third-order valence-electron chi connectivity index (χ3n) is 3.50. The average molecular weight is 333 g/mol. The second kappa shape index (κ2) is 8.44. The molecule has 1 N–H and O–H groups in total. The summed E-state index contributed by atoms with van der Waals surface area (Å²) < 4.78 is 5.59. The normalized spacial score (nSPS) is 11.6. The van der Waals surface area contributed by atoms with E-state index in [0.29, 0.717) is 18.2 Å². The summed E-state index contributed by atoms with van der Waals surface area (Å²) in [5, 5.41) is 3.58. The van der Waals surface area contributed by atoms with Crippen molar-refractivity contribution in [2.75, 3.05) is 20.2 Å². The molecule has 4 nitrogen and oxygen atoms in total. The van der Waals surface area contributed by atoms with Crippen molar-refractivity contribution < 1.29 is 9.53 Å². The van der Waals surface area contributed by atoms with E-state index in [1.807, 2.05) is 61.5 Å². The molecule has 23 heavy (non-hydrogen) atoms. The van der Waals surface area contributed by atoms with Gasteiger partial charge in [0.25, 0.3) is 0 Å². The van der Waals surface area contributed by atoms with Crippen molar-refractivity contribution in [3.05, 3.63) is 65.2 Å². The van der Waals surface area contributed by atoms with E-state index in [2.05, 4.69) is 5.32 Å². The average Bonchev–Trinajstić information content (AvgIpc) is 2.56. The summed E-state index contributed by atoms with van der Waals surface area (Å²) in [7, 11) is 1.74. The Morgan fingerprint density at radius 2 is 1.83 bits per heavy atom. The monoisotopic (exact) mass is 332 g/mol. The summed E-state index contributed by atoms with van der Waals surface area (Å²) in [5.41, 5.74) is 0.899. The molecule has 2 amide bonds. The fourth-order valence-electron chi connectivity index (χ4n) is 2.12. The number of para-hydroxylation sites is 1. The highest BCUT2D eigenvalue weighted by molar-refractivity contribution is 6.31. The van der Waals surface area contributed by atoms with Crippen LogP contribution in [0.3, 0.4) is 0 Å². The smallest absolute Gasteiger partial charge is 0.317 e. The molecule has 0 saturated heterocycles. The molecule has 122 valence electrons. The first kappa shape index (κ1) is 17.2. The number of nitrogens with one attached hydrogen (secondary N) is 1. The lowest BCUT2D eigenvalue weighted by Gasteiger charge is -2.22. The van der Waals surface area contributed by atoms with Crippen LogP contribution in [0.1, 0.15) is 18.5 Å². The molecule has 1 atom stereocenters. The van der Waals surface area contributed by atoms with Gasteiger partial charge in [-0.25, -0.2) is 4.79 Å². The second-order valence-corrected chi connectivity index (χ2v) is 5.68. The van der Waals surface area contributed by atoms with Crippen LogP contribution in [-0.2, 0) is 0 Å².